The van der Waals surface area contributed by atoms with E-state index in [1.165, 1.54) is 0 Å². The smallest absolute Gasteiger partial charge is 0.148 e. The third-order valence-electron chi connectivity index (χ3n) is 1.58. The van der Waals surface area contributed by atoms with Crippen LogP contribution in [0.3, 0.4) is 0 Å². The van der Waals surface area contributed by atoms with E-state index < -0.39 is 16.0 Å². The molecule has 2 nitrogen and oxygen atoms in total. The maximum Gasteiger partial charge on any atom is 0.148 e. The first kappa shape index (κ1) is 9.55. The van der Waals surface area contributed by atoms with Crippen molar-refractivity contribution < 1.29 is 8.42 Å². The van der Waals surface area contributed by atoms with Gasteiger partial charge in [0, 0.05) is 5.88 Å². The number of thiol groups is 1. The largest absolute Gasteiger partial charge is 0.231 e. The Morgan fingerprint density at radius 3 is 2.25 bits per heavy atom. The van der Waals surface area contributed by atoms with Gasteiger partial charge in [0.05, 0.1) is 5.25 Å². The van der Waals surface area contributed by atoms with Crippen molar-refractivity contribution >= 4 is 22.3 Å². The molecule has 1 atom stereocenters. The lowest BCUT2D eigenvalue weighted by Gasteiger charge is -2.04. The molecule has 66 valence electrons. The molecule has 0 heterocycles. The fraction of sp³-hybridized carbons (Fsp3) is 0.250. The van der Waals surface area contributed by atoms with Crippen molar-refractivity contribution in [3.05, 3.63) is 35.9 Å². The second-order valence-electron chi connectivity index (χ2n) is 2.37. The summed E-state index contributed by atoms with van der Waals surface area (Å²) in [6, 6.07) is 8.96. The highest BCUT2D eigenvalue weighted by Gasteiger charge is 2.11. The molecule has 0 aliphatic carbocycles. The van der Waals surface area contributed by atoms with E-state index in [0.29, 0.717) is 0 Å². The number of alkyl halides is 1. The Labute approximate surface area is 78.1 Å². The molecule has 0 radical (unpaired) electrons. The quantitative estimate of drug-likeness (QED) is 0.599. The van der Waals surface area contributed by atoms with Gasteiger partial charge in [0.2, 0.25) is 0 Å². The van der Waals surface area contributed by atoms with E-state index in [1.807, 2.05) is 6.07 Å². The van der Waals surface area contributed by atoms with Crippen LogP contribution in [-0.2, 0) is 10.7 Å². The summed E-state index contributed by atoms with van der Waals surface area (Å²) >= 11 is 5.51. The standard InChI is InChI=1S/C8H9ClO2S/c9-6-8(12(10)11)7-4-2-1-3-5-7/h1-5,8,12H,6H2. The molecule has 0 spiro atoms. The first-order valence-corrected chi connectivity index (χ1v) is 5.28. The molecule has 0 amide bonds. The van der Waals surface area contributed by atoms with Crippen LogP contribution < -0.4 is 0 Å². The Bertz CT molecular complexity index is 300. The molecule has 0 saturated heterocycles. The topological polar surface area (TPSA) is 34.1 Å². The maximum absolute atomic E-state index is 10.7. The average Bonchev–Trinajstić information content (AvgIpc) is 2.07. The van der Waals surface area contributed by atoms with Crippen molar-refractivity contribution in [1.29, 1.82) is 0 Å². The molecule has 4 heteroatoms. The predicted octanol–water partition coefficient (Wildman–Crippen LogP) is 1.58. The van der Waals surface area contributed by atoms with Gasteiger partial charge in [-0.25, -0.2) is 8.42 Å². The maximum atomic E-state index is 10.7. The summed E-state index contributed by atoms with van der Waals surface area (Å²) in [6.07, 6.45) is 0. The third kappa shape index (κ3) is 2.22. The van der Waals surface area contributed by atoms with Crippen LogP contribution in [0.5, 0.6) is 0 Å². The van der Waals surface area contributed by atoms with Gasteiger partial charge in [0.1, 0.15) is 10.7 Å². The van der Waals surface area contributed by atoms with Gasteiger partial charge < -0.3 is 0 Å². The van der Waals surface area contributed by atoms with E-state index in [2.05, 4.69) is 0 Å². The fourth-order valence-corrected chi connectivity index (χ4v) is 1.99. The van der Waals surface area contributed by atoms with Gasteiger partial charge in [-0.05, 0) is 5.56 Å². The Morgan fingerprint density at radius 2 is 1.83 bits per heavy atom. The molecule has 0 fully saturated rings. The van der Waals surface area contributed by atoms with Crippen molar-refractivity contribution in [1.82, 2.24) is 0 Å². The van der Waals surface area contributed by atoms with Crippen molar-refractivity contribution in [3.63, 3.8) is 0 Å². The molecular formula is C8H9ClO2S. The van der Waals surface area contributed by atoms with Crippen LogP contribution in [0.15, 0.2) is 30.3 Å². The lowest BCUT2D eigenvalue weighted by Crippen LogP contribution is -2.01. The Kier molecular flexibility index (Phi) is 3.56. The highest BCUT2D eigenvalue weighted by Crippen LogP contribution is 2.17. The molecule has 0 aromatic heterocycles. The minimum Gasteiger partial charge on any atom is -0.231 e. The Hall–Kier alpha value is -0.540. The fourth-order valence-electron chi connectivity index (χ4n) is 0.942. The van der Waals surface area contributed by atoms with Crippen molar-refractivity contribution in [2.45, 2.75) is 5.25 Å². The van der Waals surface area contributed by atoms with Gasteiger partial charge in [-0.3, -0.25) is 0 Å². The lowest BCUT2D eigenvalue weighted by atomic mass is 10.2. The van der Waals surface area contributed by atoms with Crippen LogP contribution in [0.4, 0.5) is 0 Å². The van der Waals surface area contributed by atoms with Crippen LogP contribution in [-0.4, -0.2) is 14.3 Å². The van der Waals surface area contributed by atoms with Crippen molar-refractivity contribution in [2.75, 3.05) is 5.88 Å². The van der Waals surface area contributed by atoms with Gasteiger partial charge in [-0.15, -0.1) is 11.6 Å². The summed E-state index contributed by atoms with van der Waals surface area (Å²) in [5.74, 6) is 0.114. The first-order valence-electron chi connectivity index (χ1n) is 3.50. The summed E-state index contributed by atoms with van der Waals surface area (Å²) in [5, 5.41) is -0.553. The first-order chi connectivity index (χ1) is 5.75. The summed E-state index contributed by atoms with van der Waals surface area (Å²) in [7, 11) is -2.47. The molecule has 0 bridgehead atoms. The molecule has 1 rings (SSSR count). The van der Waals surface area contributed by atoms with E-state index in [1.54, 1.807) is 24.3 Å². The highest BCUT2D eigenvalue weighted by atomic mass is 35.5. The Balaban J connectivity index is 2.95. The molecule has 0 aliphatic rings. The van der Waals surface area contributed by atoms with Gasteiger partial charge in [0.15, 0.2) is 0 Å². The van der Waals surface area contributed by atoms with E-state index >= 15 is 0 Å². The van der Waals surface area contributed by atoms with Gasteiger partial charge in [0.25, 0.3) is 0 Å². The van der Waals surface area contributed by atoms with Crippen LogP contribution >= 0.6 is 11.6 Å². The van der Waals surface area contributed by atoms with E-state index in [4.69, 9.17) is 11.6 Å². The van der Waals surface area contributed by atoms with E-state index in [0.717, 1.165) is 5.56 Å². The number of hydrogen-bond acceptors (Lipinski definition) is 2. The number of hydrogen-bond donors (Lipinski definition) is 1. The number of halogens is 1. The summed E-state index contributed by atoms with van der Waals surface area (Å²) in [5.41, 5.74) is 0.753. The minimum atomic E-state index is -2.47. The Morgan fingerprint density at radius 1 is 1.25 bits per heavy atom. The molecule has 1 aromatic carbocycles. The summed E-state index contributed by atoms with van der Waals surface area (Å²) in [6.45, 7) is 0. The molecule has 0 aliphatic heterocycles. The molecule has 0 saturated carbocycles. The number of benzene rings is 1. The lowest BCUT2D eigenvalue weighted by molar-refractivity contribution is 0.606. The van der Waals surface area contributed by atoms with Gasteiger partial charge in [-0.1, -0.05) is 30.3 Å². The average molecular weight is 205 g/mol. The van der Waals surface area contributed by atoms with Crippen LogP contribution in [0.1, 0.15) is 10.8 Å². The summed E-state index contributed by atoms with van der Waals surface area (Å²) < 4.78 is 21.4. The van der Waals surface area contributed by atoms with E-state index in [9.17, 15) is 8.42 Å². The predicted molar refractivity (Wildman–Crippen MR) is 50.2 cm³/mol. The van der Waals surface area contributed by atoms with Crippen molar-refractivity contribution in [3.8, 4) is 0 Å². The second-order valence-corrected chi connectivity index (χ2v) is 3.87. The van der Waals surface area contributed by atoms with E-state index in [-0.39, 0.29) is 5.88 Å². The SMILES string of the molecule is O=[SH](=O)C(CCl)c1ccccc1. The minimum absolute atomic E-state index is 0.114. The van der Waals surface area contributed by atoms with Gasteiger partial charge in [-0.2, -0.15) is 0 Å². The van der Waals surface area contributed by atoms with Crippen LogP contribution in [0, 0.1) is 0 Å². The third-order valence-corrected chi connectivity index (χ3v) is 3.10. The zero-order valence-electron chi connectivity index (χ0n) is 6.31. The molecule has 12 heavy (non-hydrogen) atoms. The highest BCUT2D eigenvalue weighted by molar-refractivity contribution is 7.72. The molecule has 1 unspecified atom stereocenters. The van der Waals surface area contributed by atoms with Gasteiger partial charge >= 0.3 is 0 Å². The zero-order valence-corrected chi connectivity index (χ0v) is 7.96. The monoisotopic (exact) mass is 204 g/mol. The van der Waals surface area contributed by atoms with Crippen LogP contribution in [0.2, 0.25) is 0 Å². The molecular weight excluding hydrogens is 196 g/mol. The molecule has 0 N–H and O–H groups in total. The normalized spacial score (nSPS) is 13.2. The van der Waals surface area contributed by atoms with Crippen LogP contribution in [0.25, 0.3) is 0 Å². The zero-order chi connectivity index (χ0) is 8.97. The summed E-state index contributed by atoms with van der Waals surface area (Å²) in [4.78, 5) is 0. The van der Waals surface area contributed by atoms with Crippen molar-refractivity contribution in [2.24, 2.45) is 0 Å². The molecule has 1 aromatic rings. The second kappa shape index (κ2) is 4.48. The number of rotatable bonds is 3.